The number of hydrogen-bond acceptors (Lipinski definition) is 2. The summed E-state index contributed by atoms with van der Waals surface area (Å²) in [5.74, 6) is 0.347. The van der Waals surface area contributed by atoms with Gasteiger partial charge in [-0.05, 0) is 17.7 Å². The van der Waals surface area contributed by atoms with Crippen LogP contribution in [0.3, 0.4) is 0 Å². The first-order valence-corrected chi connectivity index (χ1v) is 4.31. The molecule has 1 rings (SSSR count). The van der Waals surface area contributed by atoms with E-state index in [9.17, 15) is 8.78 Å². The van der Waals surface area contributed by atoms with Gasteiger partial charge in [0.05, 0.1) is 18.2 Å². The van der Waals surface area contributed by atoms with E-state index in [0.29, 0.717) is 16.3 Å². The van der Waals surface area contributed by atoms with E-state index in [1.807, 2.05) is 0 Å². The van der Waals surface area contributed by atoms with Crippen molar-refractivity contribution in [3.05, 3.63) is 28.8 Å². The van der Waals surface area contributed by atoms with Crippen molar-refractivity contribution >= 4 is 11.6 Å². The molecule has 0 saturated heterocycles. The molecule has 0 radical (unpaired) electrons. The molecule has 1 atom stereocenters. The maximum atomic E-state index is 12.3. The molecule has 0 aliphatic rings. The van der Waals surface area contributed by atoms with E-state index in [1.165, 1.54) is 25.3 Å². The zero-order valence-electron chi connectivity index (χ0n) is 7.51. The van der Waals surface area contributed by atoms with Crippen molar-refractivity contribution < 1.29 is 13.5 Å². The van der Waals surface area contributed by atoms with E-state index in [-0.39, 0.29) is 0 Å². The first-order valence-electron chi connectivity index (χ1n) is 3.93. The summed E-state index contributed by atoms with van der Waals surface area (Å²) in [6.07, 6.45) is -2.60. The molecule has 0 heterocycles. The maximum absolute atomic E-state index is 12.3. The Bertz CT molecular complexity index is 320. The van der Waals surface area contributed by atoms with Gasteiger partial charge in [0.25, 0.3) is 6.43 Å². The Morgan fingerprint density at radius 2 is 2.07 bits per heavy atom. The van der Waals surface area contributed by atoms with Crippen LogP contribution in [0.1, 0.15) is 11.6 Å². The SMILES string of the molecule is COc1cc([C@@H](N)C(F)F)ccc1Cl. The van der Waals surface area contributed by atoms with Crippen molar-refractivity contribution in [2.45, 2.75) is 12.5 Å². The van der Waals surface area contributed by atoms with Crippen LogP contribution in [0.5, 0.6) is 5.75 Å². The van der Waals surface area contributed by atoms with Crippen LogP contribution in [-0.2, 0) is 0 Å². The van der Waals surface area contributed by atoms with E-state index in [1.54, 1.807) is 0 Å². The number of rotatable bonds is 3. The quantitative estimate of drug-likeness (QED) is 0.852. The molecule has 0 bridgehead atoms. The fraction of sp³-hybridized carbons (Fsp3) is 0.333. The third-order valence-corrected chi connectivity index (χ3v) is 2.14. The van der Waals surface area contributed by atoms with Gasteiger partial charge in [0.2, 0.25) is 0 Å². The Labute approximate surface area is 85.6 Å². The highest BCUT2D eigenvalue weighted by atomic mass is 35.5. The number of benzene rings is 1. The molecule has 0 saturated carbocycles. The van der Waals surface area contributed by atoms with E-state index in [2.05, 4.69) is 0 Å². The number of hydrogen-bond donors (Lipinski definition) is 1. The number of methoxy groups -OCH3 is 1. The summed E-state index contributed by atoms with van der Waals surface area (Å²) in [6, 6.07) is 3.06. The van der Waals surface area contributed by atoms with Crippen molar-refractivity contribution in [3.63, 3.8) is 0 Å². The van der Waals surface area contributed by atoms with Crippen LogP contribution >= 0.6 is 11.6 Å². The Hall–Kier alpha value is -0.870. The number of ether oxygens (including phenoxy) is 1. The minimum Gasteiger partial charge on any atom is -0.495 e. The molecule has 5 heteroatoms. The molecular formula is C9H10ClF2NO. The molecular weight excluding hydrogens is 212 g/mol. The first kappa shape index (κ1) is 11.2. The van der Waals surface area contributed by atoms with Crippen LogP contribution in [0.15, 0.2) is 18.2 Å². The summed E-state index contributed by atoms with van der Waals surface area (Å²) in [4.78, 5) is 0. The highest BCUT2D eigenvalue weighted by molar-refractivity contribution is 6.32. The van der Waals surface area contributed by atoms with Gasteiger partial charge >= 0.3 is 0 Å². The van der Waals surface area contributed by atoms with Gasteiger partial charge in [-0.1, -0.05) is 17.7 Å². The van der Waals surface area contributed by atoms with Crippen molar-refractivity contribution in [3.8, 4) is 5.75 Å². The van der Waals surface area contributed by atoms with Crippen LogP contribution in [0.4, 0.5) is 8.78 Å². The summed E-state index contributed by atoms with van der Waals surface area (Å²) < 4.78 is 29.4. The largest absolute Gasteiger partial charge is 0.495 e. The Morgan fingerprint density at radius 3 is 2.57 bits per heavy atom. The molecule has 2 N–H and O–H groups in total. The van der Waals surface area contributed by atoms with Gasteiger partial charge in [-0.25, -0.2) is 8.78 Å². The second-order valence-corrected chi connectivity index (χ2v) is 3.16. The summed E-state index contributed by atoms with van der Waals surface area (Å²) >= 11 is 5.73. The van der Waals surface area contributed by atoms with Gasteiger partial charge in [0, 0.05) is 0 Å². The standard InChI is InChI=1S/C9H10ClF2NO/c1-14-7-4-5(2-3-6(7)10)8(13)9(11)12/h2-4,8-9H,13H2,1H3/t8-/m1/s1. The summed E-state index contributed by atoms with van der Waals surface area (Å²) in [7, 11) is 1.42. The molecule has 0 unspecified atom stereocenters. The summed E-state index contributed by atoms with van der Waals surface area (Å²) in [5.41, 5.74) is 5.57. The molecule has 1 aromatic rings. The van der Waals surface area contributed by atoms with Crippen molar-refractivity contribution in [1.29, 1.82) is 0 Å². The molecule has 0 aromatic heterocycles. The topological polar surface area (TPSA) is 35.2 Å². The minimum atomic E-state index is -2.60. The fourth-order valence-corrected chi connectivity index (χ4v) is 1.22. The summed E-state index contributed by atoms with van der Waals surface area (Å²) in [6.45, 7) is 0. The molecule has 0 amide bonds. The minimum absolute atomic E-state index is 0.307. The zero-order chi connectivity index (χ0) is 10.7. The normalized spacial score (nSPS) is 13.0. The van der Waals surface area contributed by atoms with Gasteiger partial charge in [-0.15, -0.1) is 0 Å². The number of halogens is 3. The molecule has 78 valence electrons. The lowest BCUT2D eigenvalue weighted by molar-refractivity contribution is 0.116. The highest BCUT2D eigenvalue weighted by Gasteiger charge is 2.18. The Morgan fingerprint density at radius 1 is 1.43 bits per heavy atom. The van der Waals surface area contributed by atoms with Crippen LogP contribution in [0.25, 0.3) is 0 Å². The van der Waals surface area contributed by atoms with Gasteiger partial charge in [0.15, 0.2) is 0 Å². The predicted molar refractivity (Wildman–Crippen MR) is 50.9 cm³/mol. The third kappa shape index (κ3) is 2.33. The molecule has 0 spiro atoms. The number of alkyl halides is 2. The van der Waals surface area contributed by atoms with Gasteiger partial charge in [-0.3, -0.25) is 0 Å². The molecule has 2 nitrogen and oxygen atoms in total. The van der Waals surface area contributed by atoms with Crippen LogP contribution in [-0.4, -0.2) is 13.5 Å². The Balaban J connectivity index is 3.00. The van der Waals surface area contributed by atoms with Gasteiger partial charge in [-0.2, -0.15) is 0 Å². The molecule has 0 fully saturated rings. The predicted octanol–water partition coefficient (Wildman–Crippen LogP) is 2.61. The number of nitrogens with two attached hydrogens (primary N) is 1. The second-order valence-electron chi connectivity index (χ2n) is 2.75. The van der Waals surface area contributed by atoms with E-state index >= 15 is 0 Å². The van der Waals surface area contributed by atoms with Crippen molar-refractivity contribution in [2.24, 2.45) is 5.73 Å². The lowest BCUT2D eigenvalue weighted by Gasteiger charge is -2.12. The van der Waals surface area contributed by atoms with Gasteiger partial charge in [0.1, 0.15) is 5.75 Å². The van der Waals surface area contributed by atoms with Gasteiger partial charge < -0.3 is 10.5 Å². The van der Waals surface area contributed by atoms with E-state index in [0.717, 1.165) is 0 Å². The maximum Gasteiger partial charge on any atom is 0.257 e. The first-order chi connectivity index (χ1) is 6.56. The average Bonchev–Trinajstić information content (AvgIpc) is 2.17. The third-order valence-electron chi connectivity index (χ3n) is 1.83. The fourth-order valence-electron chi connectivity index (χ4n) is 1.03. The van der Waals surface area contributed by atoms with E-state index < -0.39 is 12.5 Å². The van der Waals surface area contributed by atoms with Crippen molar-refractivity contribution in [2.75, 3.05) is 7.11 Å². The van der Waals surface area contributed by atoms with Crippen LogP contribution in [0.2, 0.25) is 5.02 Å². The molecule has 0 aliphatic carbocycles. The van der Waals surface area contributed by atoms with E-state index in [4.69, 9.17) is 22.1 Å². The Kier molecular flexibility index (Phi) is 3.66. The second kappa shape index (κ2) is 4.57. The lowest BCUT2D eigenvalue weighted by Crippen LogP contribution is -2.18. The monoisotopic (exact) mass is 221 g/mol. The molecule has 0 aliphatic heterocycles. The smallest absolute Gasteiger partial charge is 0.257 e. The average molecular weight is 222 g/mol. The van der Waals surface area contributed by atoms with Crippen molar-refractivity contribution in [1.82, 2.24) is 0 Å². The molecule has 1 aromatic carbocycles. The summed E-state index contributed by atoms with van der Waals surface area (Å²) in [5, 5.41) is 0.373. The lowest BCUT2D eigenvalue weighted by atomic mass is 10.1. The molecule has 14 heavy (non-hydrogen) atoms. The zero-order valence-corrected chi connectivity index (χ0v) is 8.26. The van der Waals surface area contributed by atoms with Crippen LogP contribution in [0, 0.1) is 0 Å². The van der Waals surface area contributed by atoms with Crippen LogP contribution < -0.4 is 10.5 Å². The highest BCUT2D eigenvalue weighted by Crippen LogP contribution is 2.28.